The summed E-state index contributed by atoms with van der Waals surface area (Å²) in [6.07, 6.45) is 0. The molecule has 1 aromatic heterocycles. The van der Waals surface area contributed by atoms with Crippen LogP contribution in [0.25, 0.3) is 5.69 Å². The lowest BCUT2D eigenvalue weighted by atomic mass is 10.1. The van der Waals surface area contributed by atoms with E-state index in [-0.39, 0.29) is 5.75 Å². The highest BCUT2D eigenvalue weighted by molar-refractivity contribution is 8.00. The van der Waals surface area contributed by atoms with E-state index in [0.29, 0.717) is 15.8 Å². The minimum Gasteiger partial charge on any atom is -0.224 e. The summed E-state index contributed by atoms with van der Waals surface area (Å²) in [5, 5.41) is 12.5. The Balaban J connectivity index is 1.76. The molecule has 0 unspecified atom stereocenters. The van der Waals surface area contributed by atoms with Gasteiger partial charge in [0.2, 0.25) is 5.16 Å². The SMILES string of the molecule is Cc1ccc(C)c(-n2nnnc2SCCS(=O)(=O)c2cc(C)ccc2C)c1. The number of benzene rings is 2. The van der Waals surface area contributed by atoms with E-state index in [1.54, 1.807) is 10.7 Å². The van der Waals surface area contributed by atoms with Crippen LogP contribution in [-0.4, -0.2) is 40.1 Å². The summed E-state index contributed by atoms with van der Waals surface area (Å²) < 4.78 is 27.1. The molecule has 142 valence electrons. The van der Waals surface area contributed by atoms with E-state index in [9.17, 15) is 8.42 Å². The Morgan fingerprint density at radius 1 is 0.963 bits per heavy atom. The van der Waals surface area contributed by atoms with E-state index in [4.69, 9.17) is 0 Å². The number of thioether (sulfide) groups is 1. The number of tetrazole rings is 1. The normalized spacial score (nSPS) is 11.7. The van der Waals surface area contributed by atoms with Crippen LogP contribution in [0.3, 0.4) is 0 Å². The van der Waals surface area contributed by atoms with Crippen LogP contribution in [0.1, 0.15) is 22.3 Å². The molecular formula is C19H22N4O2S2. The average Bonchev–Trinajstić information content (AvgIpc) is 3.07. The van der Waals surface area contributed by atoms with Gasteiger partial charge in [-0.2, -0.15) is 4.68 Å². The predicted octanol–water partition coefficient (Wildman–Crippen LogP) is 3.46. The second-order valence-corrected chi connectivity index (χ2v) is 9.74. The van der Waals surface area contributed by atoms with Crippen molar-refractivity contribution in [1.29, 1.82) is 0 Å². The summed E-state index contributed by atoms with van der Waals surface area (Å²) >= 11 is 1.34. The molecule has 6 nitrogen and oxygen atoms in total. The molecule has 3 rings (SSSR count). The number of aryl methyl sites for hydroxylation is 4. The number of nitrogens with zero attached hydrogens (tertiary/aromatic N) is 4. The molecule has 0 bridgehead atoms. The van der Waals surface area contributed by atoms with Crippen molar-refractivity contribution < 1.29 is 8.42 Å². The van der Waals surface area contributed by atoms with Crippen LogP contribution in [0.5, 0.6) is 0 Å². The van der Waals surface area contributed by atoms with Crippen LogP contribution >= 0.6 is 11.8 Å². The van der Waals surface area contributed by atoms with Crippen molar-refractivity contribution in [2.24, 2.45) is 0 Å². The Hall–Kier alpha value is -2.19. The van der Waals surface area contributed by atoms with Gasteiger partial charge in [0.05, 0.1) is 16.3 Å². The lowest BCUT2D eigenvalue weighted by Gasteiger charge is -2.10. The van der Waals surface area contributed by atoms with Gasteiger partial charge in [-0.25, -0.2) is 8.42 Å². The van der Waals surface area contributed by atoms with Crippen molar-refractivity contribution >= 4 is 21.6 Å². The Labute approximate surface area is 163 Å². The van der Waals surface area contributed by atoms with Gasteiger partial charge in [-0.05, 0) is 72.5 Å². The maximum absolute atomic E-state index is 12.7. The predicted molar refractivity (Wildman–Crippen MR) is 107 cm³/mol. The van der Waals surface area contributed by atoms with Gasteiger partial charge in [-0.1, -0.05) is 36.0 Å². The molecule has 27 heavy (non-hydrogen) atoms. The van der Waals surface area contributed by atoms with Crippen LogP contribution in [-0.2, 0) is 9.84 Å². The van der Waals surface area contributed by atoms with Gasteiger partial charge in [0, 0.05) is 5.75 Å². The van der Waals surface area contributed by atoms with Crippen LogP contribution in [0.4, 0.5) is 0 Å². The Kier molecular flexibility index (Phi) is 5.67. The molecule has 8 heteroatoms. The standard InChI is InChI=1S/C19H22N4O2S2/c1-13-5-7-15(3)17(11-13)23-19(20-21-22-23)26-9-10-27(24,25)18-12-14(2)6-8-16(18)4/h5-8,11-12H,9-10H2,1-4H3. The minimum absolute atomic E-state index is 0.0294. The Morgan fingerprint density at radius 3 is 2.37 bits per heavy atom. The fourth-order valence-corrected chi connectivity index (χ4v) is 5.65. The van der Waals surface area contributed by atoms with Crippen molar-refractivity contribution in [3.63, 3.8) is 0 Å². The fourth-order valence-electron chi connectivity index (χ4n) is 2.76. The number of aromatic nitrogens is 4. The molecular weight excluding hydrogens is 380 g/mol. The molecule has 1 heterocycles. The summed E-state index contributed by atoms with van der Waals surface area (Å²) in [6, 6.07) is 11.6. The number of rotatable bonds is 6. The van der Waals surface area contributed by atoms with E-state index in [1.807, 2.05) is 58.0 Å². The van der Waals surface area contributed by atoms with Gasteiger partial charge in [0.15, 0.2) is 9.84 Å². The third-order valence-electron chi connectivity index (χ3n) is 4.30. The first-order valence-electron chi connectivity index (χ1n) is 8.57. The highest BCUT2D eigenvalue weighted by atomic mass is 32.2. The molecule has 3 aromatic rings. The van der Waals surface area contributed by atoms with Crippen LogP contribution in [0.2, 0.25) is 0 Å². The molecule has 0 N–H and O–H groups in total. The molecule has 0 spiro atoms. The van der Waals surface area contributed by atoms with Crippen LogP contribution in [0.15, 0.2) is 46.5 Å². The van der Waals surface area contributed by atoms with Crippen molar-refractivity contribution in [2.75, 3.05) is 11.5 Å². The summed E-state index contributed by atoms with van der Waals surface area (Å²) in [7, 11) is -3.36. The van der Waals surface area contributed by atoms with Crippen molar-refractivity contribution in [3.8, 4) is 5.69 Å². The largest absolute Gasteiger partial charge is 0.224 e. The second kappa shape index (κ2) is 7.82. The van der Waals surface area contributed by atoms with Gasteiger partial charge in [0.25, 0.3) is 0 Å². The summed E-state index contributed by atoms with van der Waals surface area (Å²) in [5.41, 5.74) is 4.77. The van der Waals surface area contributed by atoms with Crippen molar-refractivity contribution in [2.45, 2.75) is 37.7 Å². The molecule has 0 amide bonds. The highest BCUT2D eigenvalue weighted by Gasteiger charge is 2.19. The van der Waals surface area contributed by atoms with Gasteiger partial charge >= 0.3 is 0 Å². The van der Waals surface area contributed by atoms with E-state index < -0.39 is 9.84 Å². The molecule has 0 aliphatic rings. The third kappa shape index (κ3) is 4.39. The summed E-state index contributed by atoms with van der Waals surface area (Å²) in [4.78, 5) is 0.400. The summed E-state index contributed by atoms with van der Waals surface area (Å²) in [5.74, 6) is 0.405. The Morgan fingerprint density at radius 2 is 1.63 bits per heavy atom. The fraction of sp³-hybridized carbons (Fsp3) is 0.316. The number of sulfone groups is 1. The van der Waals surface area contributed by atoms with E-state index in [2.05, 4.69) is 15.5 Å². The molecule has 0 radical (unpaired) electrons. The first-order valence-corrected chi connectivity index (χ1v) is 11.2. The first kappa shape index (κ1) is 19.6. The average molecular weight is 403 g/mol. The summed E-state index contributed by atoms with van der Waals surface area (Å²) in [6.45, 7) is 7.72. The molecule has 0 aliphatic heterocycles. The van der Waals surface area contributed by atoms with Gasteiger partial charge in [0.1, 0.15) is 0 Å². The van der Waals surface area contributed by atoms with Crippen LogP contribution < -0.4 is 0 Å². The van der Waals surface area contributed by atoms with Crippen molar-refractivity contribution in [3.05, 3.63) is 58.7 Å². The zero-order chi connectivity index (χ0) is 19.6. The monoisotopic (exact) mass is 402 g/mol. The lowest BCUT2D eigenvalue weighted by molar-refractivity contribution is 0.597. The number of hydrogen-bond acceptors (Lipinski definition) is 6. The van der Waals surface area contributed by atoms with Crippen LogP contribution in [0, 0.1) is 27.7 Å². The minimum atomic E-state index is -3.36. The zero-order valence-corrected chi connectivity index (χ0v) is 17.4. The van der Waals surface area contributed by atoms with Gasteiger partial charge in [-0.3, -0.25) is 0 Å². The van der Waals surface area contributed by atoms with Gasteiger partial charge in [-0.15, -0.1) is 5.10 Å². The maximum atomic E-state index is 12.7. The second-order valence-electron chi connectivity index (χ2n) is 6.60. The van der Waals surface area contributed by atoms with Gasteiger partial charge < -0.3 is 0 Å². The topological polar surface area (TPSA) is 77.7 Å². The van der Waals surface area contributed by atoms with E-state index in [1.165, 1.54) is 11.8 Å². The highest BCUT2D eigenvalue weighted by Crippen LogP contribution is 2.24. The maximum Gasteiger partial charge on any atom is 0.214 e. The molecule has 0 saturated heterocycles. The van der Waals surface area contributed by atoms with Crippen molar-refractivity contribution in [1.82, 2.24) is 20.2 Å². The molecule has 2 aromatic carbocycles. The molecule has 0 saturated carbocycles. The van der Waals surface area contributed by atoms with E-state index in [0.717, 1.165) is 27.9 Å². The molecule has 0 fully saturated rings. The smallest absolute Gasteiger partial charge is 0.214 e. The quantitative estimate of drug-likeness (QED) is 0.588. The Bertz CT molecular complexity index is 1080. The molecule has 0 atom stereocenters. The van der Waals surface area contributed by atoms with E-state index >= 15 is 0 Å². The lowest BCUT2D eigenvalue weighted by Crippen LogP contribution is -2.11. The zero-order valence-electron chi connectivity index (χ0n) is 15.8. The molecule has 0 aliphatic carbocycles. The number of hydrogen-bond donors (Lipinski definition) is 0. The third-order valence-corrected chi connectivity index (χ3v) is 7.33. The first-order chi connectivity index (χ1) is 12.8.